The summed E-state index contributed by atoms with van der Waals surface area (Å²) in [5.41, 5.74) is 0. The van der Waals surface area contributed by atoms with Gasteiger partial charge in [0.25, 0.3) is 5.19 Å². The summed E-state index contributed by atoms with van der Waals surface area (Å²) in [7, 11) is 0. The molecule has 16 heavy (non-hydrogen) atoms. The first-order valence-electron chi connectivity index (χ1n) is 4.25. The van der Waals surface area contributed by atoms with Gasteiger partial charge in [-0.1, -0.05) is 16.4 Å². The Morgan fingerprint density at radius 2 is 2.25 bits per heavy atom. The molecule has 0 amide bonds. The minimum Gasteiger partial charge on any atom is -0.428 e. The summed E-state index contributed by atoms with van der Waals surface area (Å²) in [6, 6.07) is 4.10. The Morgan fingerprint density at radius 1 is 1.44 bits per heavy atom. The van der Waals surface area contributed by atoms with Gasteiger partial charge in [0, 0.05) is 6.07 Å². The molecule has 7 heteroatoms. The number of ether oxygens (including phenoxy) is 1. The first kappa shape index (κ1) is 11.4. The van der Waals surface area contributed by atoms with Crippen molar-refractivity contribution in [1.82, 2.24) is 10.2 Å². The van der Waals surface area contributed by atoms with Gasteiger partial charge in [0.15, 0.2) is 0 Å². The molecule has 0 aliphatic heterocycles. The van der Waals surface area contributed by atoms with Crippen LogP contribution in [0.15, 0.2) is 22.7 Å². The lowest BCUT2D eigenvalue weighted by molar-refractivity contribution is 0.280. The average Bonchev–Trinajstić information content (AvgIpc) is 2.71. The molecule has 1 aromatic carbocycles. The predicted octanol–water partition coefficient (Wildman–Crippen LogP) is 2.72. The molecular formula is C9H6BrFN2O2S. The Bertz CT molecular complexity index is 506. The second kappa shape index (κ2) is 4.86. The second-order valence-corrected chi connectivity index (χ2v) is 4.68. The van der Waals surface area contributed by atoms with E-state index in [1.165, 1.54) is 12.1 Å². The van der Waals surface area contributed by atoms with Gasteiger partial charge in [0.2, 0.25) is 0 Å². The van der Waals surface area contributed by atoms with Crippen molar-refractivity contribution in [2.24, 2.45) is 0 Å². The maximum absolute atomic E-state index is 12.9. The van der Waals surface area contributed by atoms with Gasteiger partial charge in [0.05, 0.1) is 11.1 Å². The van der Waals surface area contributed by atoms with Crippen LogP contribution in [-0.2, 0) is 6.61 Å². The van der Waals surface area contributed by atoms with Crippen molar-refractivity contribution >= 4 is 27.3 Å². The van der Waals surface area contributed by atoms with E-state index in [0.717, 1.165) is 11.3 Å². The van der Waals surface area contributed by atoms with Crippen molar-refractivity contribution in [3.05, 3.63) is 33.5 Å². The lowest BCUT2D eigenvalue weighted by atomic mass is 10.3. The Balaban J connectivity index is 2.22. The van der Waals surface area contributed by atoms with Crippen LogP contribution in [0, 0.1) is 5.82 Å². The maximum atomic E-state index is 12.9. The summed E-state index contributed by atoms with van der Waals surface area (Å²) in [5.74, 6) is -0.0780. The van der Waals surface area contributed by atoms with Crippen LogP contribution in [0.2, 0.25) is 0 Å². The number of aromatic nitrogens is 2. The van der Waals surface area contributed by atoms with Crippen LogP contribution in [0.3, 0.4) is 0 Å². The zero-order chi connectivity index (χ0) is 11.5. The molecule has 0 aliphatic rings. The number of benzene rings is 1. The van der Waals surface area contributed by atoms with Crippen LogP contribution in [0.25, 0.3) is 0 Å². The molecule has 0 unspecified atom stereocenters. The summed E-state index contributed by atoms with van der Waals surface area (Å²) in [6.07, 6.45) is 0. The molecule has 0 bridgehead atoms. The molecule has 2 rings (SSSR count). The van der Waals surface area contributed by atoms with Crippen LogP contribution in [0.1, 0.15) is 5.01 Å². The molecule has 0 fully saturated rings. The van der Waals surface area contributed by atoms with E-state index in [9.17, 15) is 4.39 Å². The first-order chi connectivity index (χ1) is 7.69. The number of halogens is 2. The SMILES string of the molecule is OCc1nnc(Oc2cc(F)ccc2Br)s1. The molecule has 0 saturated heterocycles. The molecule has 84 valence electrons. The first-order valence-corrected chi connectivity index (χ1v) is 5.86. The molecule has 1 aromatic heterocycles. The number of hydrogen-bond donors (Lipinski definition) is 1. The highest BCUT2D eigenvalue weighted by molar-refractivity contribution is 9.10. The zero-order valence-electron chi connectivity index (χ0n) is 7.85. The third-order valence-electron chi connectivity index (χ3n) is 1.67. The Labute approximate surface area is 103 Å². The summed E-state index contributed by atoms with van der Waals surface area (Å²) in [6.45, 7) is -0.189. The van der Waals surface area contributed by atoms with E-state index in [-0.39, 0.29) is 11.8 Å². The highest BCUT2D eigenvalue weighted by atomic mass is 79.9. The van der Waals surface area contributed by atoms with Crippen molar-refractivity contribution in [1.29, 1.82) is 0 Å². The van der Waals surface area contributed by atoms with Crippen molar-refractivity contribution in [3.8, 4) is 10.9 Å². The van der Waals surface area contributed by atoms with E-state index in [1.807, 2.05) is 0 Å². The largest absolute Gasteiger partial charge is 0.428 e. The van der Waals surface area contributed by atoms with E-state index in [1.54, 1.807) is 6.07 Å². The quantitative estimate of drug-likeness (QED) is 0.947. The van der Waals surface area contributed by atoms with Crippen LogP contribution < -0.4 is 4.74 Å². The third kappa shape index (κ3) is 2.55. The zero-order valence-corrected chi connectivity index (χ0v) is 10.3. The van der Waals surface area contributed by atoms with Crippen molar-refractivity contribution < 1.29 is 14.2 Å². The van der Waals surface area contributed by atoms with E-state index in [0.29, 0.717) is 15.2 Å². The van der Waals surface area contributed by atoms with Gasteiger partial charge in [-0.15, -0.1) is 5.10 Å². The normalized spacial score (nSPS) is 10.4. The Kier molecular flexibility index (Phi) is 3.47. The van der Waals surface area contributed by atoms with E-state index >= 15 is 0 Å². The standard InChI is InChI=1S/C9H6BrFN2O2S/c10-6-2-1-5(11)3-7(6)15-9-13-12-8(4-14)16-9/h1-3,14H,4H2. The Hall–Kier alpha value is -1.05. The number of hydrogen-bond acceptors (Lipinski definition) is 5. The molecule has 0 aliphatic carbocycles. The second-order valence-electron chi connectivity index (χ2n) is 2.80. The molecule has 0 spiro atoms. The van der Waals surface area contributed by atoms with Gasteiger partial charge in [-0.05, 0) is 28.1 Å². The monoisotopic (exact) mass is 304 g/mol. The third-order valence-corrected chi connectivity index (χ3v) is 3.12. The Morgan fingerprint density at radius 3 is 2.94 bits per heavy atom. The summed E-state index contributed by atoms with van der Waals surface area (Å²) < 4.78 is 18.9. The van der Waals surface area contributed by atoms with Crippen molar-refractivity contribution in [2.75, 3.05) is 0 Å². The fraction of sp³-hybridized carbons (Fsp3) is 0.111. The lowest BCUT2D eigenvalue weighted by Gasteiger charge is -2.03. The smallest absolute Gasteiger partial charge is 0.299 e. The minimum atomic E-state index is -0.398. The highest BCUT2D eigenvalue weighted by Crippen LogP contribution is 2.31. The summed E-state index contributed by atoms with van der Waals surface area (Å²) in [4.78, 5) is 0. The van der Waals surface area contributed by atoms with E-state index in [4.69, 9.17) is 9.84 Å². The highest BCUT2D eigenvalue weighted by Gasteiger charge is 2.08. The van der Waals surface area contributed by atoms with Crippen LogP contribution >= 0.6 is 27.3 Å². The van der Waals surface area contributed by atoms with Gasteiger partial charge < -0.3 is 9.84 Å². The van der Waals surface area contributed by atoms with Crippen molar-refractivity contribution in [2.45, 2.75) is 6.61 Å². The number of rotatable bonds is 3. The molecule has 1 heterocycles. The van der Waals surface area contributed by atoms with E-state index in [2.05, 4.69) is 26.1 Å². The van der Waals surface area contributed by atoms with Gasteiger partial charge in [-0.2, -0.15) is 0 Å². The summed E-state index contributed by atoms with van der Waals surface area (Å²) >= 11 is 4.33. The minimum absolute atomic E-state index is 0.189. The van der Waals surface area contributed by atoms with Gasteiger partial charge >= 0.3 is 0 Å². The molecule has 2 aromatic rings. The average molecular weight is 305 g/mol. The van der Waals surface area contributed by atoms with Crippen molar-refractivity contribution in [3.63, 3.8) is 0 Å². The van der Waals surface area contributed by atoms with Gasteiger partial charge in [-0.25, -0.2) is 4.39 Å². The maximum Gasteiger partial charge on any atom is 0.299 e. The summed E-state index contributed by atoms with van der Waals surface area (Å²) in [5, 5.41) is 16.9. The van der Waals surface area contributed by atoms with Gasteiger partial charge in [0.1, 0.15) is 16.6 Å². The number of nitrogens with zero attached hydrogens (tertiary/aromatic N) is 2. The molecule has 0 atom stereocenters. The number of aliphatic hydroxyl groups is 1. The lowest BCUT2D eigenvalue weighted by Crippen LogP contribution is -1.86. The fourth-order valence-electron chi connectivity index (χ4n) is 0.993. The predicted molar refractivity (Wildman–Crippen MR) is 60.0 cm³/mol. The topological polar surface area (TPSA) is 55.2 Å². The molecule has 1 N–H and O–H groups in total. The molecular weight excluding hydrogens is 299 g/mol. The molecule has 0 radical (unpaired) electrons. The van der Waals surface area contributed by atoms with Crippen LogP contribution in [0.4, 0.5) is 4.39 Å². The molecule has 0 saturated carbocycles. The van der Waals surface area contributed by atoms with Gasteiger partial charge in [-0.3, -0.25) is 0 Å². The van der Waals surface area contributed by atoms with Crippen LogP contribution in [-0.4, -0.2) is 15.3 Å². The van der Waals surface area contributed by atoms with Crippen LogP contribution in [0.5, 0.6) is 10.9 Å². The fourth-order valence-corrected chi connectivity index (χ4v) is 1.88. The van der Waals surface area contributed by atoms with E-state index < -0.39 is 5.82 Å². The molecule has 4 nitrogen and oxygen atoms in total. The number of aliphatic hydroxyl groups excluding tert-OH is 1.